The number of hydrogen-bond acceptors (Lipinski definition) is 3. The van der Waals surface area contributed by atoms with Crippen LogP contribution in [0.4, 0.5) is 5.69 Å². The number of nitrogens with two attached hydrogens (primary N) is 1. The van der Waals surface area contributed by atoms with E-state index in [2.05, 4.69) is 5.32 Å². The summed E-state index contributed by atoms with van der Waals surface area (Å²) in [4.78, 5) is 12.1. The first kappa shape index (κ1) is 14.9. The van der Waals surface area contributed by atoms with Gasteiger partial charge in [0.15, 0.2) is 0 Å². The fourth-order valence-electron chi connectivity index (χ4n) is 1.90. The molecule has 108 valence electrons. The minimum Gasteiger partial charge on any atom is -0.389 e. The summed E-state index contributed by atoms with van der Waals surface area (Å²) in [6, 6.07) is 7.22. The average Bonchev–Trinajstić information content (AvgIpc) is 3.22. The van der Waals surface area contributed by atoms with Crippen LogP contribution in [0.3, 0.4) is 0 Å². The Kier molecular flexibility index (Phi) is 5.49. The molecule has 20 heavy (non-hydrogen) atoms. The molecular weight excluding hydrogens is 272 g/mol. The van der Waals surface area contributed by atoms with E-state index >= 15 is 0 Å². The number of nitrogens with one attached hydrogen (secondary N) is 1. The minimum absolute atomic E-state index is 0.0588. The molecule has 5 heteroatoms. The summed E-state index contributed by atoms with van der Waals surface area (Å²) < 4.78 is 5.45. The number of anilines is 1. The lowest BCUT2D eigenvalue weighted by molar-refractivity contribution is -0.117. The van der Waals surface area contributed by atoms with Crippen LogP contribution in [0.15, 0.2) is 24.3 Å². The lowest BCUT2D eigenvalue weighted by Gasteiger charge is -2.07. The van der Waals surface area contributed by atoms with E-state index in [4.69, 9.17) is 22.7 Å². The van der Waals surface area contributed by atoms with Crippen molar-refractivity contribution >= 4 is 28.8 Å². The Morgan fingerprint density at radius 1 is 1.40 bits per heavy atom. The van der Waals surface area contributed by atoms with E-state index in [-0.39, 0.29) is 5.91 Å². The molecule has 0 heterocycles. The number of ether oxygens (including phenoxy) is 1. The van der Waals surface area contributed by atoms with Crippen molar-refractivity contribution in [2.24, 2.45) is 11.7 Å². The Morgan fingerprint density at radius 3 is 2.90 bits per heavy atom. The van der Waals surface area contributed by atoms with Crippen LogP contribution in [-0.4, -0.2) is 24.1 Å². The molecule has 0 radical (unpaired) electrons. The standard InChI is InChI=1S/C15H20N2O2S/c16-15(20)12-2-1-3-13(10-12)17-14(18)7-9-19-8-6-11-4-5-11/h1-3,10-11H,4-9H2,(H2,16,20)(H,17,18). The Hall–Kier alpha value is -1.46. The number of carbonyl (C=O) groups excluding carboxylic acids is 1. The fraction of sp³-hybridized carbons (Fsp3) is 0.467. The van der Waals surface area contributed by atoms with Crippen LogP contribution in [0.1, 0.15) is 31.2 Å². The van der Waals surface area contributed by atoms with Crippen LogP contribution in [0.25, 0.3) is 0 Å². The third-order valence-corrected chi connectivity index (χ3v) is 3.51. The highest BCUT2D eigenvalue weighted by molar-refractivity contribution is 7.80. The molecule has 1 aromatic carbocycles. The van der Waals surface area contributed by atoms with Crippen LogP contribution in [0, 0.1) is 5.92 Å². The molecule has 0 atom stereocenters. The Labute approximate surface area is 124 Å². The highest BCUT2D eigenvalue weighted by atomic mass is 32.1. The van der Waals surface area contributed by atoms with Crippen molar-refractivity contribution in [3.63, 3.8) is 0 Å². The third-order valence-electron chi connectivity index (χ3n) is 3.27. The van der Waals surface area contributed by atoms with E-state index in [0.29, 0.717) is 23.7 Å². The highest BCUT2D eigenvalue weighted by Gasteiger charge is 2.20. The van der Waals surface area contributed by atoms with E-state index in [1.165, 1.54) is 12.8 Å². The number of thiocarbonyl (C=S) groups is 1. The molecule has 1 amide bonds. The SMILES string of the molecule is NC(=S)c1cccc(NC(=O)CCOCCC2CC2)c1. The maximum absolute atomic E-state index is 11.7. The molecule has 3 N–H and O–H groups in total. The number of hydrogen-bond donors (Lipinski definition) is 2. The quantitative estimate of drug-likeness (QED) is 0.570. The second kappa shape index (κ2) is 7.36. The number of rotatable bonds is 8. The van der Waals surface area contributed by atoms with Gasteiger partial charge in [0.05, 0.1) is 13.0 Å². The van der Waals surface area contributed by atoms with Gasteiger partial charge < -0.3 is 15.8 Å². The van der Waals surface area contributed by atoms with Crippen molar-refractivity contribution < 1.29 is 9.53 Å². The van der Waals surface area contributed by atoms with Gasteiger partial charge in [-0.1, -0.05) is 37.2 Å². The van der Waals surface area contributed by atoms with Crippen molar-refractivity contribution in [2.45, 2.75) is 25.7 Å². The molecule has 0 saturated heterocycles. The van der Waals surface area contributed by atoms with Crippen LogP contribution in [0.5, 0.6) is 0 Å². The molecule has 0 aliphatic heterocycles. The largest absolute Gasteiger partial charge is 0.389 e. The summed E-state index contributed by atoms with van der Waals surface area (Å²) >= 11 is 4.91. The number of benzene rings is 1. The van der Waals surface area contributed by atoms with Crippen LogP contribution < -0.4 is 11.1 Å². The first-order valence-electron chi connectivity index (χ1n) is 6.92. The van der Waals surface area contributed by atoms with Crippen LogP contribution in [-0.2, 0) is 9.53 Å². The van der Waals surface area contributed by atoms with Gasteiger partial charge in [-0.3, -0.25) is 4.79 Å². The maximum Gasteiger partial charge on any atom is 0.226 e. The second-order valence-corrected chi connectivity index (χ2v) is 5.53. The summed E-state index contributed by atoms with van der Waals surface area (Å²) in [5, 5.41) is 2.82. The van der Waals surface area contributed by atoms with Gasteiger partial charge in [0.25, 0.3) is 0 Å². The van der Waals surface area contributed by atoms with Gasteiger partial charge >= 0.3 is 0 Å². The second-order valence-electron chi connectivity index (χ2n) is 5.09. The molecule has 1 aliphatic carbocycles. The Balaban J connectivity index is 1.67. The molecule has 2 rings (SSSR count). The van der Waals surface area contributed by atoms with Crippen LogP contribution >= 0.6 is 12.2 Å². The van der Waals surface area contributed by atoms with Crippen molar-refractivity contribution in [3.05, 3.63) is 29.8 Å². The van der Waals surface area contributed by atoms with Crippen molar-refractivity contribution in [1.29, 1.82) is 0 Å². The fourth-order valence-corrected chi connectivity index (χ4v) is 2.02. The third kappa shape index (κ3) is 5.27. The number of carbonyl (C=O) groups is 1. The van der Waals surface area contributed by atoms with Gasteiger partial charge in [-0.15, -0.1) is 0 Å². The smallest absolute Gasteiger partial charge is 0.226 e. The molecule has 0 spiro atoms. The number of amides is 1. The zero-order valence-corrected chi connectivity index (χ0v) is 12.2. The molecular formula is C15H20N2O2S. The average molecular weight is 292 g/mol. The Bertz CT molecular complexity index is 487. The first-order valence-corrected chi connectivity index (χ1v) is 7.33. The molecule has 1 saturated carbocycles. The highest BCUT2D eigenvalue weighted by Crippen LogP contribution is 2.32. The molecule has 0 unspecified atom stereocenters. The topological polar surface area (TPSA) is 64.3 Å². The summed E-state index contributed by atoms with van der Waals surface area (Å²) in [5.41, 5.74) is 7.01. The molecule has 1 aromatic rings. The van der Waals surface area contributed by atoms with Gasteiger partial charge in [0.2, 0.25) is 5.91 Å². The molecule has 4 nitrogen and oxygen atoms in total. The summed E-state index contributed by atoms with van der Waals surface area (Å²) in [6.45, 7) is 1.22. The normalized spacial score (nSPS) is 14.0. The van der Waals surface area contributed by atoms with E-state index in [9.17, 15) is 4.79 Å². The van der Waals surface area contributed by atoms with Crippen molar-refractivity contribution in [2.75, 3.05) is 18.5 Å². The zero-order valence-electron chi connectivity index (χ0n) is 11.4. The van der Waals surface area contributed by atoms with E-state index < -0.39 is 0 Å². The van der Waals surface area contributed by atoms with Crippen LogP contribution in [0.2, 0.25) is 0 Å². The zero-order chi connectivity index (χ0) is 14.4. The monoisotopic (exact) mass is 292 g/mol. The molecule has 1 fully saturated rings. The van der Waals surface area contributed by atoms with Gasteiger partial charge in [-0.25, -0.2) is 0 Å². The summed E-state index contributed by atoms with van der Waals surface area (Å²) in [7, 11) is 0. The van der Waals surface area contributed by atoms with Gasteiger partial charge in [-0.05, 0) is 24.5 Å². The van der Waals surface area contributed by atoms with E-state index in [1.54, 1.807) is 6.07 Å². The van der Waals surface area contributed by atoms with Gasteiger partial charge in [0, 0.05) is 17.9 Å². The van der Waals surface area contributed by atoms with Crippen molar-refractivity contribution in [3.8, 4) is 0 Å². The lowest BCUT2D eigenvalue weighted by atomic mass is 10.2. The Morgan fingerprint density at radius 2 is 2.20 bits per heavy atom. The first-order chi connectivity index (χ1) is 9.65. The summed E-state index contributed by atoms with van der Waals surface area (Å²) in [5.74, 6) is 0.808. The predicted octanol–water partition coefficient (Wildman–Crippen LogP) is 2.47. The van der Waals surface area contributed by atoms with Gasteiger partial charge in [0.1, 0.15) is 4.99 Å². The molecule has 0 aromatic heterocycles. The van der Waals surface area contributed by atoms with E-state index in [0.717, 1.165) is 24.5 Å². The van der Waals surface area contributed by atoms with Gasteiger partial charge in [-0.2, -0.15) is 0 Å². The maximum atomic E-state index is 11.7. The minimum atomic E-state index is -0.0588. The van der Waals surface area contributed by atoms with Crippen molar-refractivity contribution in [1.82, 2.24) is 0 Å². The lowest BCUT2D eigenvalue weighted by Crippen LogP contribution is -2.15. The predicted molar refractivity (Wildman–Crippen MR) is 83.7 cm³/mol. The molecule has 0 bridgehead atoms. The van der Waals surface area contributed by atoms with E-state index in [1.807, 2.05) is 18.2 Å². The molecule has 1 aliphatic rings. The summed E-state index contributed by atoms with van der Waals surface area (Å²) in [6.07, 6.45) is 4.16.